The predicted molar refractivity (Wildman–Crippen MR) is 195 cm³/mol. The number of unbranched alkanes of at least 4 members (excludes halogenated alkanes) is 15. The molecule has 0 aromatic heterocycles. The SMILES string of the molecule is C=C(C)CCCCCCCCCCCCCCCCC(=O)NCCCC(=O)NC(CCC(=O)NCCCC(=O)NCCCCC)C(=O)O. The zero-order valence-electron chi connectivity index (χ0n) is 30.6. The molecule has 4 amide bonds. The van der Waals surface area contributed by atoms with Crippen molar-refractivity contribution in [2.45, 2.75) is 180 Å². The van der Waals surface area contributed by atoms with E-state index in [0.29, 0.717) is 45.3 Å². The van der Waals surface area contributed by atoms with Gasteiger partial charge >= 0.3 is 5.97 Å². The Morgan fingerprint density at radius 1 is 0.500 bits per heavy atom. The monoisotopic (exact) mass is 679 g/mol. The molecular formula is C38H70N4O6. The first kappa shape index (κ1) is 45.1. The first-order valence-corrected chi connectivity index (χ1v) is 19.1. The zero-order chi connectivity index (χ0) is 35.7. The van der Waals surface area contributed by atoms with Crippen molar-refractivity contribution < 1.29 is 29.1 Å². The van der Waals surface area contributed by atoms with Crippen LogP contribution in [0.25, 0.3) is 0 Å². The first-order chi connectivity index (χ1) is 23.1. The Balaban J connectivity index is 3.73. The van der Waals surface area contributed by atoms with E-state index in [0.717, 1.165) is 38.5 Å². The van der Waals surface area contributed by atoms with E-state index in [-0.39, 0.29) is 37.0 Å². The fraction of sp³-hybridized carbons (Fsp3) is 0.816. The van der Waals surface area contributed by atoms with Crippen LogP contribution in [0.5, 0.6) is 0 Å². The van der Waals surface area contributed by atoms with Gasteiger partial charge in [0.05, 0.1) is 0 Å². The minimum absolute atomic E-state index is 0.0201. The van der Waals surface area contributed by atoms with Crippen LogP contribution in [0.2, 0.25) is 0 Å². The molecule has 0 heterocycles. The summed E-state index contributed by atoms with van der Waals surface area (Å²) in [5.41, 5.74) is 1.30. The van der Waals surface area contributed by atoms with Crippen LogP contribution in [0.15, 0.2) is 12.2 Å². The molecule has 10 nitrogen and oxygen atoms in total. The second-order valence-corrected chi connectivity index (χ2v) is 13.4. The van der Waals surface area contributed by atoms with Gasteiger partial charge < -0.3 is 26.4 Å². The number of hydrogen-bond acceptors (Lipinski definition) is 5. The van der Waals surface area contributed by atoms with E-state index in [1.165, 1.54) is 82.6 Å². The molecule has 278 valence electrons. The molecule has 0 aliphatic rings. The molecule has 0 aliphatic heterocycles. The molecule has 0 aromatic rings. The smallest absolute Gasteiger partial charge is 0.326 e. The van der Waals surface area contributed by atoms with E-state index in [1.807, 2.05) is 0 Å². The van der Waals surface area contributed by atoms with Gasteiger partial charge in [-0.1, -0.05) is 102 Å². The van der Waals surface area contributed by atoms with Crippen LogP contribution in [-0.4, -0.2) is 60.4 Å². The summed E-state index contributed by atoms with van der Waals surface area (Å²) in [4.78, 5) is 59.8. The standard InChI is InChI=1S/C38H70N4O6/c1-4-5-20-29-39-35(44)25-21-30-41-36(45)28-27-33(38(47)48)42-37(46)26-22-31-40-34(43)24-19-17-15-13-11-9-7-6-8-10-12-14-16-18-23-32(2)3/h33H,2,4-31H2,1,3H3,(H,39,44)(H,40,43)(H,41,45)(H,42,46)(H,47,48). The summed E-state index contributed by atoms with van der Waals surface area (Å²) in [7, 11) is 0. The van der Waals surface area contributed by atoms with Gasteiger partial charge in [0.25, 0.3) is 0 Å². The number of nitrogens with one attached hydrogen (secondary N) is 4. The highest BCUT2D eigenvalue weighted by Gasteiger charge is 2.21. The van der Waals surface area contributed by atoms with Crippen LogP contribution in [0, 0.1) is 0 Å². The van der Waals surface area contributed by atoms with E-state index in [9.17, 15) is 29.1 Å². The number of amides is 4. The van der Waals surface area contributed by atoms with E-state index in [1.54, 1.807) is 0 Å². The summed E-state index contributed by atoms with van der Waals surface area (Å²) >= 11 is 0. The van der Waals surface area contributed by atoms with Gasteiger partial charge in [0.15, 0.2) is 0 Å². The highest BCUT2D eigenvalue weighted by molar-refractivity contribution is 5.84. The number of aliphatic carboxylic acids is 1. The van der Waals surface area contributed by atoms with Crippen molar-refractivity contribution in [2.75, 3.05) is 19.6 Å². The van der Waals surface area contributed by atoms with Crippen molar-refractivity contribution in [3.8, 4) is 0 Å². The lowest BCUT2D eigenvalue weighted by molar-refractivity contribution is -0.142. The molecule has 0 saturated carbocycles. The van der Waals surface area contributed by atoms with E-state index in [4.69, 9.17) is 0 Å². The fourth-order valence-electron chi connectivity index (χ4n) is 5.45. The lowest BCUT2D eigenvalue weighted by atomic mass is 10.0. The van der Waals surface area contributed by atoms with Crippen LogP contribution in [0.4, 0.5) is 0 Å². The third-order valence-corrected chi connectivity index (χ3v) is 8.46. The lowest BCUT2D eigenvalue weighted by Gasteiger charge is -2.14. The highest BCUT2D eigenvalue weighted by Crippen LogP contribution is 2.14. The lowest BCUT2D eigenvalue weighted by Crippen LogP contribution is -2.41. The van der Waals surface area contributed by atoms with Gasteiger partial charge in [-0.2, -0.15) is 0 Å². The van der Waals surface area contributed by atoms with E-state index >= 15 is 0 Å². The van der Waals surface area contributed by atoms with Crippen LogP contribution in [-0.2, 0) is 24.0 Å². The summed E-state index contributed by atoms with van der Waals surface area (Å²) in [6.45, 7) is 9.52. The molecule has 0 bridgehead atoms. The first-order valence-electron chi connectivity index (χ1n) is 19.1. The van der Waals surface area contributed by atoms with Crippen molar-refractivity contribution >= 4 is 29.6 Å². The van der Waals surface area contributed by atoms with Gasteiger partial charge in [-0.3, -0.25) is 19.2 Å². The van der Waals surface area contributed by atoms with Gasteiger partial charge in [0.1, 0.15) is 6.04 Å². The second kappa shape index (κ2) is 32.6. The quantitative estimate of drug-likeness (QED) is 0.0357. The Hall–Kier alpha value is -2.91. The number of rotatable bonds is 34. The molecule has 5 N–H and O–H groups in total. The molecule has 1 atom stereocenters. The van der Waals surface area contributed by atoms with Crippen molar-refractivity contribution in [3.05, 3.63) is 12.2 Å². The molecule has 0 aromatic carbocycles. The average Bonchev–Trinajstić information content (AvgIpc) is 3.04. The topological polar surface area (TPSA) is 154 Å². The summed E-state index contributed by atoms with van der Waals surface area (Å²) in [6, 6.07) is -1.16. The largest absolute Gasteiger partial charge is 0.480 e. The summed E-state index contributed by atoms with van der Waals surface area (Å²) in [6.07, 6.45) is 23.6. The third kappa shape index (κ3) is 31.7. The normalized spacial score (nSPS) is 11.5. The number of allylic oxidation sites excluding steroid dienone is 1. The van der Waals surface area contributed by atoms with E-state index < -0.39 is 17.9 Å². The predicted octanol–water partition coefficient (Wildman–Crippen LogP) is 7.25. The number of carbonyl (C=O) groups excluding carboxylic acids is 4. The van der Waals surface area contributed by atoms with Crippen LogP contribution < -0.4 is 21.3 Å². The summed E-state index contributed by atoms with van der Waals surface area (Å²) in [5, 5.41) is 20.3. The van der Waals surface area contributed by atoms with Crippen LogP contribution in [0.3, 0.4) is 0 Å². The molecule has 0 rings (SSSR count). The Morgan fingerprint density at radius 2 is 0.875 bits per heavy atom. The molecule has 0 aliphatic carbocycles. The fourth-order valence-corrected chi connectivity index (χ4v) is 5.45. The Labute approximate surface area is 291 Å². The molecule has 1 unspecified atom stereocenters. The molecule has 0 saturated heterocycles. The van der Waals surface area contributed by atoms with Crippen molar-refractivity contribution in [3.63, 3.8) is 0 Å². The minimum atomic E-state index is -1.20. The molecular weight excluding hydrogens is 608 g/mol. The molecule has 0 fully saturated rings. The number of hydrogen-bond donors (Lipinski definition) is 5. The van der Waals surface area contributed by atoms with Crippen LogP contribution in [0.1, 0.15) is 174 Å². The van der Waals surface area contributed by atoms with Gasteiger partial charge in [-0.25, -0.2) is 4.79 Å². The number of carboxylic acids is 1. The maximum Gasteiger partial charge on any atom is 0.326 e. The average molecular weight is 679 g/mol. The minimum Gasteiger partial charge on any atom is -0.480 e. The maximum atomic E-state index is 12.3. The third-order valence-electron chi connectivity index (χ3n) is 8.46. The van der Waals surface area contributed by atoms with Gasteiger partial charge in [0.2, 0.25) is 23.6 Å². The molecule has 48 heavy (non-hydrogen) atoms. The molecule has 0 spiro atoms. The Bertz CT molecular complexity index is 894. The van der Waals surface area contributed by atoms with E-state index in [2.05, 4.69) is 41.7 Å². The number of carboxylic acid groups (broad SMARTS) is 1. The zero-order valence-corrected chi connectivity index (χ0v) is 30.6. The number of carbonyl (C=O) groups is 5. The molecule has 0 radical (unpaired) electrons. The van der Waals surface area contributed by atoms with Gasteiger partial charge in [-0.05, 0) is 51.9 Å². The van der Waals surface area contributed by atoms with Crippen molar-refractivity contribution in [1.29, 1.82) is 0 Å². The molecule has 10 heteroatoms. The Kier molecular flexibility index (Phi) is 30.6. The van der Waals surface area contributed by atoms with Gasteiger partial charge in [-0.15, -0.1) is 6.58 Å². The summed E-state index contributed by atoms with van der Waals surface area (Å²) in [5.74, 6) is -2.01. The summed E-state index contributed by atoms with van der Waals surface area (Å²) < 4.78 is 0. The highest BCUT2D eigenvalue weighted by atomic mass is 16.4. The second-order valence-electron chi connectivity index (χ2n) is 13.4. The Morgan fingerprint density at radius 3 is 1.31 bits per heavy atom. The van der Waals surface area contributed by atoms with Gasteiger partial charge in [0, 0.05) is 45.3 Å². The maximum absolute atomic E-state index is 12.3. The van der Waals surface area contributed by atoms with Crippen molar-refractivity contribution in [2.24, 2.45) is 0 Å². The van der Waals surface area contributed by atoms with Crippen LogP contribution >= 0.6 is 0 Å². The van der Waals surface area contributed by atoms with Crippen molar-refractivity contribution in [1.82, 2.24) is 21.3 Å².